The molecule has 0 atom stereocenters. The van der Waals surface area contributed by atoms with Crippen LogP contribution in [0.1, 0.15) is 44.1 Å². The van der Waals surface area contributed by atoms with Crippen LogP contribution in [0.25, 0.3) is 0 Å². The van der Waals surface area contributed by atoms with Crippen molar-refractivity contribution in [3.63, 3.8) is 0 Å². The first-order chi connectivity index (χ1) is 11.6. The molecule has 1 aromatic rings. The van der Waals surface area contributed by atoms with Crippen molar-refractivity contribution < 1.29 is 8.42 Å². The average Bonchev–Trinajstić information content (AvgIpc) is 3.10. The van der Waals surface area contributed by atoms with E-state index in [2.05, 4.69) is 11.4 Å². The van der Waals surface area contributed by atoms with E-state index in [0.29, 0.717) is 10.8 Å². The van der Waals surface area contributed by atoms with Crippen LogP contribution in [0.3, 0.4) is 0 Å². The zero-order valence-electron chi connectivity index (χ0n) is 14.4. The van der Waals surface area contributed by atoms with Crippen LogP contribution in [0.2, 0.25) is 0 Å². The van der Waals surface area contributed by atoms with Gasteiger partial charge in [-0.25, -0.2) is 8.42 Å². The van der Waals surface area contributed by atoms with Crippen LogP contribution in [-0.2, 0) is 16.3 Å². The van der Waals surface area contributed by atoms with Gasteiger partial charge in [-0.2, -0.15) is 0 Å². The summed E-state index contributed by atoms with van der Waals surface area (Å²) in [5, 5.41) is 3.38. The van der Waals surface area contributed by atoms with Gasteiger partial charge < -0.3 is 5.32 Å². The molecular formula is C20H29NO2S. The smallest absolute Gasteiger partial charge is 0.181 e. The van der Waals surface area contributed by atoms with Gasteiger partial charge in [-0.1, -0.05) is 37.1 Å². The van der Waals surface area contributed by atoms with E-state index in [1.165, 1.54) is 44.1 Å². The molecular weight excluding hydrogens is 318 g/mol. The molecule has 0 bridgehead atoms. The topological polar surface area (TPSA) is 46.2 Å². The number of rotatable bonds is 6. The lowest BCUT2D eigenvalue weighted by Crippen LogP contribution is -2.28. The Morgan fingerprint density at radius 1 is 1.00 bits per heavy atom. The SMILES string of the molecule is O=S(=O)(CC=CC1CCCC1)c1ccc(CC2CCNCC2)cc1. The van der Waals surface area contributed by atoms with Gasteiger partial charge >= 0.3 is 0 Å². The third-order valence-electron chi connectivity index (χ3n) is 5.39. The Labute approximate surface area is 146 Å². The summed E-state index contributed by atoms with van der Waals surface area (Å²) in [5.41, 5.74) is 1.25. The van der Waals surface area contributed by atoms with Gasteiger partial charge in [0.2, 0.25) is 0 Å². The minimum absolute atomic E-state index is 0.122. The van der Waals surface area contributed by atoms with Gasteiger partial charge in [0.15, 0.2) is 9.84 Å². The summed E-state index contributed by atoms with van der Waals surface area (Å²) in [7, 11) is -3.20. The molecule has 3 rings (SSSR count). The van der Waals surface area contributed by atoms with Crippen LogP contribution in [0.5, 0.6) is 0 Å². The third kappa shape index (κ3) is 4.93. The fourth-order valence-corrected chi connectivity index (χ4v) is 4.98. The Bertz CT molecular complexity index is 637. The molecule has 3 nitrogen and oxygen atoms in total. The van der Waals surface area contributed by atoms with Gasteiger partial charge in [0.25, 0.3) is 0 Å². The monoisotopic (exact) mass is 347 g/mol. The first-order valence-corrected chi connectivity index (χ1v) is 11.0. The van der Waals surface area contributed by atoms with Crippen molar-refractivity contribution in [2.24, 2.45) is 11.8 Å². The van der Waals surface area contributed by atoms with Crippen molar-refractivity contribution >= 4 is 9.84 Å². The number of hydrogen-bond donors (Lipinski definition) is 1. The summed E-state index contributed by atoms with van der Waals surface area (Å²) in [6.45, 7) is 2.20. The lowest BCUT2D eigenvalue weighted by Gasteiger charge is -2.22. The van der Waals surface area contributed by atoms with Crippen LogP contribution >= 0.6 is 0 Å². The zero-order chi connectivity index (χ0) is 16.8. The minimum atomic E-state index is -3.20. The highest BCUT2D eigenvalue weighted by atomic mass is 32.2. The largest absolute Gasteiger partial charge is 0.317 e. The van der Waals surface area contributed by atoms with Crippen molar-refractivity contribution in [1.29, 1.82) is 0 Å². The molecule has 2 fully saturated rings. The van der Waals surface area contributed by atoms with E-state index in [9.17, 15) is 8.42 Å². The Balaban J connectivity index is 1.56. The van der Waals surface area contributed by atoms with E-state index in [-0.39, 0.29) is 5.75 Å². The fourth-order valence-electron chi connectivity index (χ4n) is 3.87. The summed E-state index contributed by atoms with van der Waals surface area (Å²) in [4.78, 5) is 0.452. The molecule has 1 aromatic carbocycles. The molecule has 1 saturated carbocycles. The molecule has 1 aliphatic heterocycles. The fraction of sp³-hybridized carbons (Fsp3) is 0.600. The predicted molar refractivity (Wildman–Crippen MR) is 98.9 cm³/mol. The van der Waals surface area contributed by atoms with E-state index >= 15 is 0 Å². The lowest BCUT2D eigenvalue weighted by molar-refractivity contribution is 0.372. The molecule has 1 saturated heterocycles. The summed E-state index contributed by atoms with van der Waals surface area (Å²) in [5.74, 6) is 1.44. The minimum Gasteiger partial charge on any atom is -0.317 e. The number of hydrogen-bond acceptors (Lipinski definition) is 3. The van der Waals surface area contributed by atoms with Crippen LogP contribution in [0, 0.1) is 11.8 Å². The average molecular weight is 348 g/mol. The molecule has 0 aromatic heterocycles. The van der Waals surface area contributed by atoms with Crippen LogP contribution in [0.15, 0.2) is 41.3 Å². The molecule has 4 heteroatoms. The molecule has 0 spiro atoms. The van der Waals surface area contributed by atoms with Crippen molar-refractivity contribution in [1.82, 2.24) is 5.32 Å². The van der Waals surface area contributed by atoms with Crippen molar-refractivity contribution in [3.05, 3.63) is 42.0 Å². The van der Waals surface area contributed by atoms with E-state index < -0.39 is 9.84 Å². The second-order valence-electron chi connectivity index (χ2n) is 7.30. The zero-order valence-corrected chi connectivity index (χ0v) is 15.2. The number of benzene rings is 1. The molecule has 132 valence electrons. The highest BCUT2D eigenvalue weighted by Crippen LogP contribution is 2.26. The van der Waals surface area contributed by atoms with Crippen LogP contribution in [0.4, 0.5) is 0 Å². The first kappa shape index (κ1) is 17.7. The Morgan fingerprint density at radius 2 is 1.67 bits per heavy atom. The molecule has 0 amide bonds. The second-order valence-corrected chi connectivity index (χ2v) is 9.33. The Kier molecular flexibility index (Phi) is 6.12. The van der Waals surface area contributed by atoms with Crippen molar-refractivity contribution in [2.75, 3.05) is 18.8 Å². The normalized spacial score (nSPS) is 20.8. The molecule has 0 unspecified atom stereocenters. The number of nitrogens with one attached hydrogen (secondary N) is 1. The second kappa shape index (κ2) is 8.30. The molecule has 0 radical (unpaired) electrons. The lowest BCUT2D eigenvalue weighted by atomic mass is 9.91. The van der Waals surface area contributed by atoms with Gasteiger partial charge in [0.05, 0.1) is 10.6 Å². The summed E-state index contributed by atoms with van der Waals surface area (Å²) < 4.78 is 24.9. The third-order valence-corrected chi connectivity index (χ3v) is 7.01. The maximum Gasteiger partial charge on any atom is 0.181 e. The van der Waals surface area contributed by atoms with Crippen LogP contribution < -0.4 is 5.32 Å². The molecule has 1 N–H and O–H groups in total. The van der Waals surface area contributed by atoms with E-state index in [0.717, 1.165) is 25.4 Å². The molecule has 24 heavy (non-hydrogen) atoms. The first-order valence-electron chi connectivity index (χ1n) is 9.32. The molecule has 1 heterocycles. The van der Waals surface area contributed by atoms with Gasteiger partial charge in [0, 0.05) is 0 Å². The van der Waals surface area contributed by atoms with Gasteiger partial charge in [-0.3, -0.25) is 0 Å². The Hall–Kier alpha value is -1.13. The highest BCUT2D eigenvalue weighted by Gasteiger charge is 2.16. The maximum atomic E-state index is 12.4. The van der Waals surface area contributed by atoms with Gasteiger partial charge in [-0.05, 0) is 74.7 Å². The number of sulfone groups is 1. The number of allylic oxidation sites excluding steroid dienone is 1. The van der Waals surface area contributed by atoms with Crippen molar-refractivity contribution in [2.45, 2.75) is 49.8 Å². The molecule has 1 aliphatic carbocycles. The standard InChI is InChI=1S/C20H29NO2S/c22-24(23,15-3-6-17-4-1-2-5-17)20-9-7-18(8-10-20)16-19-11-13-21-14-12-19/h3,6-10,17,19,21H,1-2,4-5,11-16H2. The predicted octanol–water partition coefficient (Wildman–Crippen LogP) is 3.75. The number of piperidine rings is 1. The molecule has 2 aliphatic rings. The quantitative estimate of drug-likeness (QED) is 0.797. The summed E-state index contributed by atoms with van der Waals surface area (Å²) in [6.07, 6.45) is 12.4. The van der Waals surface area contributed by atoms with E-state index in [1.807, 2.05) is 18.2 Å². The Morgan fingerprint density at radius 3 is 2.33 bits per heavy atom. The maximum absolute atomic E-state index is 12.4. The van der Waals surface area contributed by atoms with Gasteiger partial charge in [0.1, 0.15) is 0 Å². The summed E-state index contributed by atoms with van der Waals surface area (Å²) in [6, 6.07) is 7.56. The van der Waals surface area contributed by atoms with E-state index in [4.69, 9.17) is 0 Å². The summed E-state index contributed by atoms with van der Waals surface area (Å²) >= 11 is 0. The van der Waals surface area contributed by atoms with Crippen molar-refractivity contribution in [3.8, 4) is 0 Å². The van der Waals surface area contributed by atoms with E-state index in [1.54, 1.807) is 12.1 Å². The van der Waals surface area contributed by atoms with Crippen LogP contribution in [-0.4, -0.2) is 27.3 Å². The highest BCUT2D eigenvalue weighted by molar-refractivity contribution is 7.91. The van der Waals surface area contributed by atoms with Gasteiger partial charge in [-0.15, -0.1) is 0 Å².